The molecule has 5 heteroatoms. The molecule has 2 aliphatic rings. The van der Waals surface area contributed by atoms with Gasteiger partial charge in [0.2, 0.25) is 5.91 Å². The van der Waals surface area contributed by atoms with Crippen LogP contribution in [0.15, 0.2) is 30.3 Å². The van der Waals surface area contributed by atoms with Crippen LogP contribution in [0.3, 0.4) is 0 Å². The largest absolute Gasteiger partial charge is 0.373 e. The van der Waals surface area contributed by atoms with Gasteiger partial charge in [-0.15, -0.1) is 11.8 Å². The molecule has 1 saturated heterocycles. The molecule has 4 nitrogen and oxygen atoms in total. The Balaban J connectivity index is 1.37. The fourth-order valence-electron chi connectivity index (χ4n) is 3.10. The third kappa shape index (κ3) is 4.48. The van der Waals surface area contributed by atoms with E-state index in [2.05, 4.69) is 17.4 Å². The van der Waals surface area contributed by atoms with Crippen molar-refractivity contribution in [2.45, 2.75) is 43.3 Å². The van der Waals surface area contributed by atoms with Gasteiger partial charge < -0.3 is 14.8 Å². The van der Waals surface area contributed by atoms with Crippen molar-refractivity contribution in [2.75, 3.05) is 19.0 Å². The van der Waals surface area contributed by atoms with Crippen molar-refractivity contribution >= 4 is 17.7 Å². The van der Waals surface area contributed by atoms with Gasteiger partial charge in [-0.25, -0.2) is 0 Å². The van der Waals surface area contributed by atoms with Crippen molar-refractivity contribution in [3.8, 4) is 0 Å². The lowest BCUT2D eigenvalue weighted by atomic mass is 9.89. The summed E-state index contributed by atoms with van der Waals surface area (Å²) >= 11 is 1.66. The lowest BCUT2D eigenvalue weighted by molar-refractivity contribution is -0.158. The van der Waals surface area contributed by atoms with E-state index in [1.165, 1.54) is 5.56 Å². The molecular formula is C17H23NO3S. The predicted molar refractivity (Wildman–Crippen MR) is 87.9 cm³/mol. The Hall–Kier alpha value is -1.04. The molecule has 120 valence electrons. The van der Waals surface area contributed by atoms with E-state index in [9.17, 15) is 4.79 Å². The monoisotopic (exact) mass is 321 g/mol. The second-order valence-corrected chi connectivity index (χ2v) is 6.86. The highest BCUT2D eigenvalue weighted by molar-refractivity contribution is 7.99. The molecule has 1 heterocycles. The van der Waals surface area contributed by atoms with Crippen molar-refractivity contribution in [1.82, 2.24) is 5.32 Å². The zero-order valence-corrected chi connectivity index (χ0v) is 13.5. The van der Waals surface area contributed by atoms with E-state index in [-0.39, 0.29) is 24.2 Å². The fourth-order valence-corrected chi connectivity index (χ4v) is 3.90. The topological polar surface area (TPSA) is 47.6 Å². The number of hydrogen-bond donors (Lipinski definition) is 1. The molecule has 1 aliphatic carbocycles. The molecule has 1 aliphatic heterocycles. The molecule has 0 radical (unpaired) electrons. The number of amides is 1. The number of rotatable bonds is 5. The average molecular weight is 321 g/mol. The minimum atomic E-state index is 0.126. The molecule has 1 amide bonds. The number of thioether (sulfide) groups is 1. The second-order valence-electron chi connectivity index (χ2n) is 5.87. The van der Waals surface area contributed by atoms with Crippen LogP contribution in [0.25, 0.3) is 0 Å². The van der Waals surface area contributed by atoms with E-state index < -0.39 is 0 Å². The summed E-state index contributed by atoms with van der Waals surface area (Å²) in [5.74, 6) is 1.51. The van der Waals surface area contributed by atoms with Crippen LogP contribution >= 0.6 is 11.8 Å². The van der Waals surface area contributed by atoms with Gasteiger partial charge in [0, 0.05) is 11.8 Å². The maximum Gasteiger partial charge on any atom is 0.230 e. The van der Waals surface area contributed by atoms with Gasteiger partial charge in [-0.2, -0.15) is 0 Å². The van der Waals surface area contributed by atoms with Crippen molar-refractivity contribution in [3.63, 3.8) is 0 Å². The molecule has 0 aromatic heterocycles. The Morgan fingerprint density at radius 3 is 2.73 bits per heavy atom. The fraction of sp³-hybridized carbons (Fsp3) is 0.588. The van der Waals surface area contributed by atoms with Crippen molar-refractivity contribution in [3.05, 3.63) is 35.9 Å². The Bertz CT molecular complexity index is 482. The number of hydrogen-bond acceptors (Lipinski definition) is 4. The van der Waals surface area contributed by atoms with Gasteiger partial charge in [-0.05, 0) is 24.8 Å². The molecule has 3 rings (SSSR count). The van der Waals surface area contributed by atoms with Crippen LogP contribution in [0.2, 0.25) is 0 Å². The first-order valence-corrected chi connectivity index (χ1v) is 9.11. The minimum absolute atomic E-state index is 0.126. The van der Waals surface area contributed by atoms with Crippen LogP contribution in [0.5, 0.6) is 0 Å². The standard InChI is InChI=1S/C17H23NO3S/c19-17(12-22-11-13-4-2-1-3-5-13)18-14-6-7-15-16(10-14)21-9-8-20-15/h1-5,14-16H,6-12H2,(H,18,19). The second kappa shape index (κ2) is 7.99. The molecule has 1 N–H and O–H groups in total. The molecule has 0 spiro atoms. The highest BCUT2D eigenvalue weighted by Gasteiger charge is 2.34. The summed E-state index contributed by atoms with van der Waals surface area (Å²) in [5, 5.41) is 3.14. The summed E-state index contributed by atoms with van der Waals surface area (Å²) in [6.07, 6.45) is 3.23. The van der Waals surface area contributed by atoms with E-state index in [1.54, 1.807) is 11.8 Å². The van der Waals surface area contributed by atoms with Crippen LogP contribution in [-0.4, -0.2) is 43.1 Å². The molecule has 22 heavy (non-hydrogen) atoms. The van der Waals surface area contributed by atoms with Crippen molar-refractivity contribution in [2.24, 2.45) is 0 Å². The number of carbonyl (C=O) groups excluding carboxylic acids is 1. The SMILES string of the molecule is O=C(CSCc1ccccc1)NC1CCC2OCCOC2C1. The highest BCUT2D eigenvalue weighted by Crippen LogP contribution is 2.26. The molecule has 1 aromatic carbocycles. The zero-order valence-electron chi connectivity index (χ0n) is 12.7. The first-order chi connectivity index (χ1) is 10.8. The molecule has 2 fully saturated rings. The minimum Gasteiger partial charge on any atom is -0.373 e. The Morgan fingerprint density at radius 2 is 1.91 bits per heavy atom. The molecular weight excluding hydrogens is 298 g/mol. The predicted octanol–water partition coefficient (Wildman–Crippen LogP) is 2.37. The highest BCUT2D eigenvalue weighted by atomic mass is 32.2. The summed E-state index contributed by atoms with van der Waals surface area (Å²) in [4.78, 5) is 12.1. The summed E-state index contributed by atoms with van der Waals surface area (Å²) in [6.45, 7) is 1.38. The van der Waals surface area contributed by atoms with Crippen LogP contribution < -0.4 is 5.32 Å². The van der Waals surface area contributed by atoms with Crippen molar-refractivity contribution < 1.29 is 14.3 Å². The van der Waals surface area contributed by atoms with Crippen LogP contribution in [0.4, 0.5) is 0 Å². The smallest absolute Gasteiger partial charge is 0.230 e. The summed E-state index contributed by atoms with van der Waals surface area (Å²) in [7, 11) is 0. The quantitative estimate of drug-likeness (QED) is 0.904. The third-order valence-electron chi connectivity index (χ3n) is 4.19. The molecule has 3 atom stereocenters. The van der Waals surface area contributed by atoms with Gasteiger partial charge in [-0.1, -0.05) is 30.3 Å². The van der Waals surface area contributed by atoms with E-state index >= 15 is 0 Å². The van der Waals surface area contributed by atoms with E-state index in [4.69, 9.17) is 9.47 Å². The maximum absolute atomic E-state index is 12.1. The number of fused-ring (bicyclic) bond motifs is 1. The van der Waals surface area contributed by atoms with Gasteiger partial charge in [0.25, 0.3) is 0 Å². The summed E-state index contributed by atoms with van der Waals surface area (Å²) < 4.78 is 11.5. The Kier molecular flexibility index (Phi) is 5.76. The average Bonchev–Trinajstić information content (AvgIpc) is 2.56. The lowest BCUT2D eigenvalue weighted by Crippen LogP contribution is -2.49. The number of carbonyl (C=O) groups is 1. The van der Waals surface area contributed by atoms with Gasteiger partial charge >= 0.3 is 0 Å². The first-order valence-electron chi connectivity index (χ1n) is 7.95. The van der Waals surface area contributed by atoms with Gasteiger partial charge in [0.1, 0.15) is 0 Å². The number of nitrogens with one attached hydrogen (secondary N) is 1. The van der Waals surface area contributed by atoms with Crippen molar-refractivity contribution in [1.29, 1.82) is 0 Å². The summed E-state index contributed by atoms with van der Waals surface area (Å²) in [6, 6.07) is 10.5. The van der Waals surface area contributed by atoms with E-state index in [1.807, 2.05) is 18.2 Å². The molecule has 1 saturated carbocycles. The van der Waals surface area contributed by atoms with E-state index in [0.717, 1.165) is 25.0 Å². The molecule has 3 unspecified atom stereocenters. The first kappa shape index (κ1) is 15.8. The number of ether oxygens (including phenoxy) is 2. The van der Waals surface area contributed by atoms with Gasteiger partial charge in [0.15, 0.2) is 0 Å². The van der Waals surface area contributed by atoms with Crippen LogP contribution in [-0.2, 0) is 20.0 Å². The summed E-state index contributed by atoms with van der Waals surface area (Å²) in [5.41, 5.74) is 1.26. The molecule has 0 bridgehead atoms. The Labute approximate surface area is 135 Å². The van der Waals surface area contributed by atoms with E-state index in [0.29, 0.717) is 19.0 Å². The normalized spacial score (nSPS) is 27.9. The van der Waals surface area contributed by atoms with Crippen LogP contribution in [0, 0.1) is 0 Å². The maximum atomic E-state index is 12.1. The lowest BCUT2D eigenvalue weighted by Gasteiger charge is -2.39. The van der Waals surface area contributed by atoms with Gasteiger partial charge in [-0.3, -0.25) is 4.79 Å². The zero-order chi connectivity index (χ0) is 15.2. The Morgan fingerprint density at radius 1 is 1.14 bits per heavy atom. The van der Waals surface area contributed by atoms with Gasteiger partial charge in [0.05, 0.1) is 31.2 Å². The number of benzene rings is 1. The third-order valence-corrected chi connectivity index (χ3v) is 5.19. The van der Waals surface area contributed by atoms with Crippen LogP contribution in [0.1, 0.15) is 24.8 Å². The molecule has 1 aromatic rings.